The van der Waals surface area contributed by atoms with Crippen molar-refractivity contribution in [2.24, 2.45) is 0 Å². The second kappa shape index (κ2) is 5.17. The molecule has 0 saturated carbocycles. The lowest BCUT2D eigenvalue weighted by molar-refractivity contribution is -0.384. The summed E-state index contributed by atoms with van der Waals surface area (Å²) in [5.41, 5.74) is 1.69. The normalized spacial score (nSPS) is 10.8. The minimum atomic E-state index is -0.461. The van der Waals surface area contributed by atoms with Gasteiger partial charge in [-0.15, -0.1) is 0 Å². The van der Waals surface area contributed by atoms with Crippen LogP contribution in [0.15, 0.2) is 45.3 Å². The number of oxazole rings is 1. The Morgan fingerprint density at radius 2 is 2.10 bits per heavy atom. The van der Waals surface area contributed by atoms with E-state index in [9.17, 15) is 10.1 Å². The number of nitro groups is 1. The van der Waals surface area contributed by atoms with Crippen LogP contribution in [0.4, 0.5) is 5.69 Å². The number of hydrogen-bond donors (Lipinski definition) is 0. The van der Waals surface area contributed by atoms with Crippen LogP contribution in [-0.4, -0.2) is 17.0 Å². The van der Waals surface area contributed by atoms with Gasteiger partial charge in [0.2, 0.25) is 5.89 Å². The molecule has 3 rings (SSSR count). The number of methoxy groups -OCH3 is 1. The molecule has 1 heterocycles. The Bertz CT molecular complexity index is 844. The van der Waals surface area contributed by atoms with Crippen LogP contribution < -0.4 is 4.74 Å². The molecular weight excluding hydrogens is 340 g/mol. The third-order valence-electron chi connectivity index (χ3n) is 2.98. The lowest BCUT2D eigenvalue weighted by Crippen LogP contribution is -1.86. The molecule has 7 heteroatoms. The van der Waals surface area contributed by atoms with E-state index < -0.39 is 4.92 Å². The molecule has 106 valence electrons. The van der Waals surface area contributed by atoms with Crippen molar-refractivity contribution in [3.8, 4) is 17.2 Å². The number of ether oxygens (including phenoxy) is 1. The van der Waals surface area contributed by atoms with Gasteiger partial charge in [-0.05, 0) is 40.2 Å². The zero-order valence-electron chi connectivity index (χ0n) is 10.9. The molecule has 0 aliphatic heterocycles. The fourth-order valence-corrected chi connectivity index (χ4v) is 2.49. The smallest absolute Gasteiger partial charge is 0.271 e. The zero-order chi connectivity index (χ0) is 15.0. The van der Waals surface area contributed by atoms with Crippen LogP contribution in [0.5, 0.6) is 5.75 Å². The van der Waals surface area contributed by atoms with Gasteiger partial charge >= 0.3 is 0 Å². The minimum Gasteiger partial charge on any atom is -0.496 e. The molecular formula is C14H9BrN2O4. The lowest BCUT2D eigenvalue weighted by Gasteiger charge is -2.03. The summed E-state index contributed by atoms with van der Waals surface area (Å²) in [5.74, 6) is 1.10. The van der Waals surface area contributed by atoms with Crippen LogP contribution >= 0.6 is 15.9 Å². The van der Waals surface area contributed by atoms with Gasteiger partial charge in [0, 0.05) is 17.7 Å². The highest BCUT2D eigenvalue weighted by Gasteiger charge is 2.13. The number of benzene rings is 2. The highest BCUT2D eigenvalue weighted by Crippen LogP contribution is 2.32. The van der Waals surface area contributed by atoms with Crippen molar-refractivity contribution in [1.29, 1.82) is 0 Å². The third kappa shape index (κ3) is 2.47. The topological polar surface area (TPSA) is 78.4 Å². The number of fused-ring (bicyclic) bond motifs is 1. The molecule has 0 unspecified atom stereocenters. The summed E-state index contributed by atoms with van der Waals surface area (Å²) in [6.07, 6.45) is 0. The highest BCUT2D eigenvalue weighted by molar-refractivity contribution is 9.10. The Morgan fingerprint density at radius 3 is 2.76 bits per heavy atom. The molecule has 1 aromatic heterocycles. The molecule has 0 aliphatic carbocycles. The zero-order valence-corrected chi connectivity index (χ0v) is 12.5. The molecule has 21 heavy (non-hydrogen) atoms. The Morgan fingerprint density at radius 1 is 1.29 bits per heavy atom. The maximum absolute atomic E-state index is 10.8. The van der Waals surface area contributed by atoms with Crippen LogP contribution in [0.1, 0.15) is 0 Å². The van der Waals surface area contributed by atoms with E-state index >= 15 is 0 Å². The second-order valence-corrected chi connectivity index (χ2v) is 5.13. The van der Waals surface area contributed by atoms with Crippen molar-refractivity contribution < 1.29 is 14.1 Å². The van der Waals surface area contributed by atoms with E-state index in [0.29, 0.717) is 22.7 Å². The Kier molecular flexibility index (Phi) is 3.34. The number of hydrogen-bond acceptors (Lipinski definition) is 5. The number of non-ortho nitro benzene ring substituents is 1. The largest absolute Gasteiger partial charge is 0.496 e. The first kappa shape index (κ1) is 13.6. The van der Waals surface area contributed by atoms with Gasteiger partial charge in [-0.1, -0.05) is 0 Å². The standard InChI is InChI=1S/C14H9BrN2O4/c1-20-12-4-2-8(6-10(12)15)14-16-11-7-9(17(18)19)3-5-13(11)21-14/h2-7H,1H3. The second-order valence-electron chi connectivity index (χ2n) is 4.28. The summed E-state index contributed by atoms with van der Waals surface area (Å²) in [6, 6.07) is 9.74. The Labute approximate surface area is 127 Å². The molecule has 0 bridgehead atoms. The molecule has 0 N–H and O–H groups in total. The van der Waals surface area contributed by atoms with Crippen LogP contribution in [0, 0.1) is 10.1 Å². The van der Waals surface area contributed by atoms with E-state index in [1.165, 1.54) is 12.1 Å². The van der Waals surface area contributed by atoms with Crippen molar-refractivity contribution in [3.05, 3.63) is 51.0 Å². The van der Waals surface area contributed by atoms with Crippen LogP contribution in [0.25, 0.3) is 22.6 Å². The highest BCUT2D eigenvalue weighted by atomic mass is 79.9. The predicted molar refractivity (Wildman–Crippen MR) is 80.4 cm³/mol. The summed E-state index contributed by atoms with van der Waals surface area (Å²) >= 11 is 3.40. The van der Waals surface area contributed by atoms with Gasteiger partial charge in [0.25, 0.3) is 5.69 Å². The summed E-state index contributed by atoms with van der Waals surface area (Å²) < 4.78 is 11.6. The van der Waals surface area contributed by atoms with Gasteiger partial charge in [-0.3, -0.25) is 10.1 Å². The average Bonchev–Trinajstić information content (AvgIpc) is 2.89. The number of halogens is 1. The van der Waals surface area contributed by atoms with Crippen LogP contribution in [-0.2, 0) is 0 Å². The number of nitro benzene ring substituents is 1. The molecule has 0 fully saturated rings. The fourth-order valence-electron chi connectivity index (χ4n) is 1.95. The number of rotatable bonds is 3. The lowest BCUT2D eigenvalue weighted by atomic mass is 10.2. The monoisotopic (exact) mass is 348 g/mol. The number of aromatic nitrogens is 1. The molecule has 0 aliphatic rings. The molecule has 3 aromatic rings. The average molecular weight is 349 g/mol. The number of nitrogens with zero attached hydrogens (tertiary/aromatic N) is 2. The first-order valence-corrected chi connectivity index (χ1v) is 6.76. The summed E-state index contributed by atoms with van der Waals surface area (Å²) in [4.78, 5) is 14.6. The Hall–Kier alpha value is -2.41. The van der Waals surface area contributed by atoms with Gasteiger partial charge in [0.15, 0.2) is 5.58 Å². The first-order valence-electron chi connectivity index (χ1n) is 5.97. The molecule has 0 radical (unpaired) electrons. The van der Waals surface area contributed by atoms with E-state index in [-0.39, 0.29) is 5.69 Å². The van der Waals surface area contributed by atoms with E-state index in [1.54, 1.807) is 19.2 Å². The summed E-state index contributed by atoms with van der Waals surface area (Å²) in [6.45, 7) is 0. The minimum absolute atomic E-state index is 0.0155. The van der Waals surface area contributed by atoms with Crippen LogP contribution in [0.2, 0.25) is 0 Å². The molecule has 0 saturated heterocycles. The third-order valence-corrected chi connectivity index (χ3v) is 3.60. The predicted octanol–water partition coefficient (Wildman–Crippen LogP) is 4.17. The van der Waals surface area contributed by atoms with Gasteiger partial charge in [0.1, 0.15) is 11.3 Å². The van der Waals surface area contributed by atoms with Crippen molar-refractivity contribution in [3.63, 3.8) is 0 Å². The molecule has 2 aromatic carbocycles. The van der Waals surface area contributed by atoms with Gasteiger partial charge < -0.3 is 9.15 Å². The SMILES string of the molecule is COc1ccc(-c2nc3cc([N+](=O)[O-])ccc3o2)cc1Br. The van der Waals surface area contributed by atoms with E-state index in [2.05, 4.69) is 20.9 Å². The first-order chi connectivity index (χ1) is 10.1. The molecule has 0 amide bonds. The summed E-state index contributed by atoms with van der Waals surface area (Å²) in [5, 5.41) is 10.8. The molecule has 0 spiro atoms. The van der Waals surface area contributed by atoms with E-state index in [1.807, 2.05) is 12.1 Å². The maximum Gasteiger partial charge on any atom is 0.271 e. The van der Waals surface area contributed by atoms with Crippen molar-refractivity contribution in [1.82, 2.24) is 4.98 Å². The van der Waals surface area contributed by atoms with Gasteiger partial charge in [-0.25, -0.2) is 4.98 Å². The quantitative estimate of drug-likeness (QED) is 0.524. The molecule has 0 atom stereocenters. The van der Waals surface area contributed by atoms with E-state index in [4.69, 9.17) is 9.15 Å². The fraction of sp³-hybridized carbons (Fsp3) is 0.0714. The van der Waals surface area contributed by atoms with Gasteiger partial charge in [0.05, 0.1) is 16.5 Å². The summed E-state index contributed by atoms with van der Waals surface area (Å²) in [7, 11) is 1.58. The van der Waals surface area contributed by atoms with Crippen LogP contribution in [0.3, 0.4) is 0 Å². The van der Waals surface area contributed by atoms with Crippen molar-refractivity contribution in [2.45, 2.75) is 0 Å². The maximum atomic E-state index is 10.8. The van der Waals surface area contributed by atoms with Crippen molar-refractivity contribution in [2.75, 3.05) is 7.11 Å². The molecule has 6 nitrogen and oxygen atoms in total. The van der Waals surface area contributed by atoms with Crippen molar-refractivity contribution >= 4 is 32.7 Å². The Balaban J connectivity index is 2.08. The van der Waals surface area contributed by atoms with Gasteiger partial charge in [-0.2, -0.15) is 0 Å². The van der Waals surface area contributed by atoms with E-state index in [0.717, 1.165) is 10.0 Å².